The fourth-order valence-electron chi connectivity index (χ4n) is 0.964. The number of carbonyl (C=O) groups is 3. The fourth-order valence-corrected chi connectivity index (χ4v) is 0.964. The normalized spacial score (nSPS) is 17.6. The standard InChI is InChI=1S/C7H10N2O3/c1-4(2)3-9-6(11)5(10)8-7(9)12/h4H,3H2,1-2H3,(H,8,10,12). The molecule has 1 aliphatic rings. The van der Waals surface area contributed by atoms with E-state index in [1.54, 1.807) is 0 Å². The van der Waals surface area contributed by atoms with E-state index in [9.17, 15) is 14.4 Å². The first-order valence-electron chi connectivity index (χ1n) is 3.69. The van der Waals surface area contributed by atoms with Crippen molar-refractivity contribution >= 4 is 17.8 Å². The van der Waals surface area contributed by atoms with Gasteiger partial charge in [-0.2, -0.15) is 0 Å². The highest BCUT2D eigenvalue weighted by Gasteiger charge is 2.36. The summed E-state index contributed by atoms with van der Waals surface area (Å²) in [5, 5.41) is 1.92. The van der Waals surface area contributed by atoms with Gasteiger partial charge in [-0.3, -0.25) is 19.8 Å². The van der Waals surface area contributed by atoms with E-state index < -0.39 is 17.8 Å². The van der Waals surface area contributed by atoms with Crippen molar-refractivity contribution in [2.75, 3.05) is 6.54 Å². The van der Waals surface area contributed by atoms with E-state index in [0.29, 0.717) is 0 Å². The average Bonchev–Trinajstić information content (AvgIpc) is 2.16. The molecule has 5 nitrogen and oxygen atoms in total. The van der Waals surface area contributed by atoms with Crippen molar-refractivity contribution < 1.29 is 14.4 Å². The number of rotatable bonds is 2. The molecule has 0 saturated carbocycles. The topological polar surface area (TPSA) is 66.5 Å². The molecule has 0 atom stereocenters. The molecule has 0 spiro atoms. The maximum atomic E-state index is 10.9. The van der Waals surface area contributed by atoms with Crippen LogP contribution in [0.1, 0.15) is 13.8 Å². The summed E-state index contributed by atoms with van der Waals surface area (Å²) in [5.74, 6) is -1.42. The first kappa shape index (κ1) is 8.70. The third-order valence-electron chi connectivity index (χ3n) is 1.45. The summed E-state index contributed by atoms with van der Waals surface area (Å²) in [4.78, 5) is 33.4. The highest BCUT2D eigenvalue weighted by Crippen LogP contribution is 2.04. The maximum absolute atomic E-state index is 10.9. The van der Waals surface area contributed by atoms with Gasteiger partial charge in [0, 0.05) is 6.54 Å². The number of urea groups is 1. The van der Waals surface area contributed by atoms with Crippen LogP contribution in [0.25, 0.3) is 0 Å². The summed E-state index contributed by atoms with van der Waals surface area (Å²) >= 11 is 0. The van der Waals surface area contributed by atoms with Crippen molar-refractivity contribution in [2.45, 2.75) is 13.8 Å². The van der Waals surface area contributed by atoms with Crippen LogP contribution in [0, 0.1) is 5.92 Å². The number of nitrogens with one attached hydrogen (secondary N) is 1. The molecule has 0 aromatic heterocycles. The quantitative estimate of drug-likeness (QED) is 0.458. The number of amides is 4. The second-order valence-electron chi connectivity index (χ2n) is 3.07. The van der Waals surface area contributed by atoms with Gasteiger partial charge >= 0.3 is 17.8 Å². The Kier molecular flexibility index (Phi) is 2.12. The predicted octanol–water partition coefficient (Wildman–Crippen LogP) is -0.279. The lowest BCUT2D eigenvalue weighted by molar-refractivity contribution is -0.140. The van der Waals surface area contributed by atoms with Crippen LogP contribution >= 0.6 is 0 Å². The minimum atomic E-state index is -0.833. The first-order chi connectivity index (χ1) is 5.52. The smallest absolute Gasteiger partial charge is 0.269 e. The van der Waals surface area contributed by atoms with Crippen LogP contribution in [0.15, 0.2) is 0 Å². The molecule has 0 radical (unpaired) electrons. The lowest BCUT2D eigenvalue weighted by Gasteiger charge is -2.12. The lowest BCUT2D eigenvalue weighted by atomic mass is 10.2. The number of carbonyl (C=O) groups excluding carboxylic acids is 3. The highest BCUT2D eigenvalue weighted by molar-refractivity contribution is 6.44. The van der Waals surface area contributed by atoms with Crippen molar-refractivity contribution in [2.24, 2.45) is 5.92 Å². The highest BCUT2D eigenvalue weighted by atomic mass is 16.2. The lowest BCUT2D eigenvalue weighted by Crippen LogP contribution is -2.34. The molecular weight excluding hydrogens is 160 g/mol. The summed E-state index contributed by atoms with van der Waals surface area (Å²) in [5.41, 5.74) is 0. The average molecular weight is 170 g/mol. The maximum Gasteiger partial charge on any atom is 0.331 e. The Morgan fingerprint density at radius 3 is 2.25 bits per heavy atom. The van der Waals surface area contributed by atoms with E-state index in [1.165, 1.54) is 0 Å². The molecule has 0 aromatic rings. The van der Waals surface area contributed by atoms with Crippen molar-refractivity contribution in [1.82, 2.24) is 10.2 Å². The van der Waals surface area contributed by atoms with Crippen LogP contribution in [0.3, 0.4) is 0 Å². The van der Waals surface area contributed by atoms with Gasteiger partial charge in [-0.1, -0.05) is 13.8 Å². The van der Waals surface area contributed by atoms with Gasteiger partial charge in [0.15, 0.2) is 0 Å². The Morgan fingerprint density at radius 1 is 1.33 bits per heavy atom. The Morgan fingerprint density at radius 2 is 1.92 bits per heavy atom. The molecule has 1 saturated heterocycles. The second-order valence-corrected chi connectivity index (χ2v) is 3.07. The van der Waals surface area contributed by atoms with Crippen LogP contribution in [-0.4, -0.2) is 29.3 Å². The number of hydrogen-bond acceptors (Lipinski definition) is 3. The largest absolute Gasteiger partial charge is 0.331 e. The fraction of sp³-hybridized carbons (Fsp3) is 0.571. The second kappa shape index (κ2) is 2.92. The van der Waals surface area contributed by atoms with Crippen LogP contribution in [-0.2, 0) is 9.59 Å². The number of hydrogen-bond donors (Lipinski definition) is 1. The molecule has 5 heteroatoms. The zero-order chi connectivity index (χ0) is 9.30. The predicted molar refractivity (Wildman–Crippen MR) is 40.1 cm³/mol. The molecule has 1 heterocycles. The minimum absolute atomic E-state index is 0.172. The van der Waals surface area contributed by atoms with Gasteiger partial charge < -0.3 is 0 Å². The molecule has 1 fully saturated rings. The zero-order valence-electron chi connectivity index (χ0n) is 6.96. The van der Waals surface area contributed by atoms with Crippen molar-refractivity contribution in [3.8, 4) is 0 Å². The molecule has 4 amide bonds. The van der Waals surface area contributed by atoms with Crippen LogP contribution in [0.2, 0.25) is 0 Å². The van der Waals surface area contributed by atoms with Crippen LogP contribution in [0.4, 0.5) is 4.79 Å². The van der Waals surface area contributed by atoms with E-state index in [-0.39, 0.29) is 12.5 Å². The minimum Gasteiger partial charge on any atom is -0.269 e. The molecule has 66 valence electrons. The molecule has 0 aromatic carbocycles. The Balaban J connectivity index is 2.70. The molecule has 0 aliphatic carbocycles. The van der Waals surface area contributed by atoms with Gasteiger partial charge in [0.05, 0.1) is 0 Å². The summed E-state index contributed by atoms with van der Waals surface area (Å²) in [7, 11) is 0. The van der Waals surface area contributed by atoms with Gasteiger partial charge in [0.1, 0.15) is 0 Å². The van der Waals surface area contributed by atoms with E-state index in [2.05, 4.69) is 0 Å². The van der Waals surface area contributed by atoms with Crippen LogP contribution < -0.4 is 5.32 Å². The van der Waals surface area contributed by atoms with E-state index >= 15 is 0 Å². The Labute approximate surface area is 69.7 Å². The van der Waals surface area contributed by atoms with Crippen molar-refractivity contribution in [3.05, 3.63) is 0 Å². The molecule has 0 unspecified atom stereocenters. The van der Waals surface area contributed by atoms with E-state index in [0.717, 1.165) is 4.90 Å². The molecular formula is C7H10N2O3. The molecule has 0 bridgehead atoms. The van der Waals surface area contributed by atoms with Crippen molar-refractivity contribution in [1.29, 1.82) is 0 Å². The van der Waals surface area contributed by atoms with Gasteiger partial charge in [0.2, 0.25) is 0 Å². The third-order valence-corrected chi connectivity index (χ3v) is 1.45. The Hall–Kier alpha value is -1.39. The van der Waals surface area contributed by atoms with Gasteiger partial charge in [-0.05, 0) is 5.92 Å². The first-order valence-corrected chi connectivity index (χ1v) is 3.69. The molecule has 1 N–H and O–H groups in total. The number of nitrogens with zero attached hydrogens (tertiary/aromatic N) is 1. The third kappa shape index (κ3) is 1.44. The molecule has 1 aliphatic heterocycles. The van der Waals surface area contributed by atoms with Gasteiger partial charge in [-0.15, -0.1) is 0 Å². The van der Waals surface area contributed by atoms with Crippen LogP contribution in [0.5, 0.6) is 0 Å². The van der Waals surface area contributed by atoms with E-state index in [4.69, 9.17) is 0 Å². The monoisotopic (exact) mass is 170 g/mol. The summed E-state index contributed by atoms with van der Waals surface area (Å²) in [6.45, 7) is 4.02. The van der Waals surface area contributed by atoms with E-state index in [1.807, 2.05) is 19.2 Å². The van der Waals surface area contributed by atoms with Gasteiger partial charge in [0.25, 0.3) is 0 Å². The zero-order valence-corrected chi connectivity index (χ0v) is 6.96. The Bertz CT molecular complexity index is 247. The summed E-state index contributed by atoms with van der Waals surface area (Å²) in [6, 6.07) is -0.612. The summed E-state index contributed by atoms with van der Waals surface area (Å²) in [6.07, 6.45) is 0. The van der Waals surface area contributed by atoms with Crippen molar-refractivity contribution in [3.63, 3.8) is 0 Å². The summed E-state index contributed by atoms with van der Waals surface area (Å²) < 4.78 is 0. The SMILES string of the molecule is CC(C)CN1C(=O)NC(=O)C1=O. The van der Waals surface area contributed by atoms with Gasteiger partial charge in [-0.25, -0.2) is 4.79 Å². The molecule has 12 heavy (non-hydrogen) atoms. The molecule has 1 rings (SSSR count). The number of imide groups is 2.